The maximum Gasteiger partial charge on any atom is 0.0153 e. The summed E-state index contributed by atoms with van der Waals surface area (Å²) >= 11 is 0. The summed E-state index contributed by atoms with van der Waals surface area (Å²) in [5.41, 5.74) is 0.466. The topological polar surface area (TPSA) is 15.3 Å². The van der Waals surface area contributed by atoms with Gasteiger partial charge in [-0.2, -0.15) is 0 Å². The summed E-state index contributed by atoms with van der Waals surface area (Å²) in [7, 11) is 0. The van der Waals surface area contributed by atoms with Gasteiger partial charge in [-0.05, 0) is 65.5 Å². The molecule has 2 heteroatoms. The molecule has 2 heterocycles. The van der Waals surface area contributed by atoms with Crippen LogP contribution < -0.4 is 5.32 Å². The van der Waals surface area contributed by atoms with Gasteiger partial charge in [0.1, 0.15) is 0 Å². The molecule has 2 rings (SSSR count). The van der Waals surface area contributed by atoms with E-state index in [1.54, 1.807) is 0 Å². The molecule has 0 bridgehead atoms. The van der Waals surface area contributed by atoms with Crippen molar-refractivity contribution in [2.75, 3.05) is 19.6 Å². The van der Waals surface area contributed by atoms with Crippen molar-refractivity contribution in [2.45, 2.75) is 58.0 Å². The first-order valence-electron chi connectivity index (χ1n) is 6.56. The zero-order valence-corrected chi connectivity index (χ0v) is 10.6. The van der Waals surface area contributed by atoms with Gasteiger partial charge in [0.25, 0.3) is 0 Å². The minimum Gasteiger partial charge on any atom is -0.314 e. The van der Waals surface area contributed by atoms with Crippen molar-refractivity contribution < 1.29 is 0 Å². The third-order valence-corrected chi connectivity index (χ3v) is 4.28. The highest BCUT2D eigenvalue weighted by Crippen LogP contribution is 2.30. The van der Waals surface area contributed by atoms with Crippen molar-refractivity contribution in [1.82, 2.24) is 10.2 Å². The Morgan fingerprint density at radius 1 is 1.40 bits per heavy atom. The lowest BCUT2D eigenvalue weighted by Gasteiger charge is -2.37. The second-order valence-corrected chi connectivity index (χ2v) is 6.11. The Hall–Kier alpha value is -0.0800. The molecule has 2 fully saturated rings. The van der Waals surface area contributed by atoms with Crippen LogP contribution in [0.25, 0.3) is 0 Å². The standard InChI is InChI=1S/C13H26N2/c1-11-9-12(5-7-14-11)10-15-8-4-6-13(15,2)3/h11-12,14H,4-10H2,1-3H3. The maximum atomic E-state index is 3.54. The lowest BCUT2D eigenvalue weighted by molar-refractivity contribution is 0.129. The van der Waals surface area contributed by atoms with E-state index in [1.165, 1.54) is 45.3 Å². The van der Waals surface area contributed by atoms with Crippen LogP contribution in [-0.4, -0.2) is 36.1 Å². The van der Waals surface area contributed by atoms with Gasteiger partial charge in [0.15, 0.2) is 0 Å². The molecule has 2 unspecified atom stereocenters. The normalized spacial score (nSPS) is 37.0. The summed E-state index contributed by atoms with van der Waals surface area (Å²) in [4.78, 5) is 2.72. The quantitative estimate of drug-likeness (QED) is 0.752. The molecule has 2 nitrogen and oxygen atoms in total. The first-order valence-corrected chi connectivity index (χ1v) is 6.56. The van der Waals surface area contributed by atoms with Crippen molar-refractivity contribution in [3.8, 4) is 0 Å². The van der Waals surface area contributed by atoms with Crippen LogP contribution in [-0.2, 0) is 0 Å². The van der Waals surface area contributed by atoms with Crippen molar-refractivity contribution in [2.24, 2.45) is 5.92 Å². The Kier molecular flexibility index (Phi) is 3.36. The van der Waals surface area contributed by atoms with E-state index >= 15 is 0 Å². The molecule has 1 N–H and O–H groups in total. The van der Waals surface area contributed by atoms with Gasteiger partial charge < -0.3 is 5.32 Å². The zero-order valence-electron chi connectivity index (χ0n) is 10.6. The molecule has 0 aliphatic carbocycles. The number of likely N-dealkylation sites (tertiary alicyclic amines) is 1. The highest BCUT2D eigenvalue weighted by molar-refractivity contribution is 4.90. The Bertz CT molecular complexity index is 213. The molecule has 15 heavy (non-hydrogen) atoms. The second-order valence-electron chi connectivity index (χ2n) is 6.11. The molecule has 0 aromatic carbocycles. The highest BCUT2D eigenvalue weighted by Gasteiger charge is 2.33. The van der Waals surface area contributed by atoms with Gasteiger partial charge in [-0.15, -0.1) is 0 Å². The van der Waals surface area contributed by atoms with Crippen LogP contribution in [0.15, 0.2) is 0 Å². The molecule has 88 valence electrons. The number of hydrogen-bond acceptors (Lipinski definition) is 2. The first-order chi connectivity index (χ1) is 7.08. The van der Waals surface area contributed by atoms with Crippen LogP contribution in [0.3, 0.4) is 0 Å². The summed E-state index contributed by atoms with van der Waals surface area (Å²) in [5.74, 6) is 0.929. The van der Waals surface area contributed by atoms with E-state index in [1.807, 2.05) is 0 Å². The SMILES string of the molecule is CC1CC(CN2CCCC2(C)C)CCN1. The number of piperidine rings is 1. The molecule has 0 radical (unpaired) electrons. The fourth-order valence-corrected chi connectivity index (χ4v) is 3.21. The highest BCUT2D eigenvalue weighted by atomic mass is 15.2. The Morgan fingerprint density at radius 2 is 2.20 bits per heavy atom. The molecule has 0 aromatic rings. The van der Waals surface area contributed by atoms with E-state index in [-0.39, 0.29) is 0 Å². The minimum absolute atomic E-state index is 0.466. The molecule has 2 aliphatic rings. The zero-order chi connectivity index (χ0) is 10.9. The summed E-state index contributed by atoms with van der Waals surface area (Å²) in [6, 6.07) is 0.731. The molecule has 0 spiro atoms. The van der Waals surface area contributed by atoms with Crippen molar-refractivity contribution >= 4 is 0 Å². The van der Waals surface area contributed by atoms with Gasteiger partial charge in [-0.3, -0.25) is 4.90 Å². The molecule has 2 atom stereocenters. The number of hydrogen-bond donors (Lipinski definition) is 1. The molecule has 0 amide bonds. The minimum atomic E-state index is 0.466. The van der Waals surface area contributed by atoms with Crippen molar-refractivity contribution in [3.63, 3.8) is 0 Å². The van der Waals surface area contributed by atoms with Gasteiger partial charge in [-0.25, -0.2) is 0 Å². The second kappa shape index (κ2) is 4.42. The van der Waals surface area contributed by atoms with Crippen LogP contribution in [0.1, 0.15) is 46.5 Å². The van der Waals surface area contributed by atoms with Gasteiger partial charge in [0, 0.05) is 18.1 Å². The predicted molar refractivity (Wildman–Crippen MR) is 65.1 cm³/mol. The summed E-state index contributed by atoms with van der Waals surface area (Å²) in [6.07, 6.45) is 5.52. The lowest BCUT2D eigenvalue weighted by atomic mass is 9.91. The molecular weight excluding hydrogens is 184 g/mol. The number of rotatable bonds is 2. The third kappa shape index (κ3) is 2.73. The first kappa shape index (κ1) is 11.4. The molecule has 0 saturated carbocycles. The Balaban J connectivity index is 1.85. The summed E-state index contributed by atoms with van der Waals surface area (Å²) in [6.45, 7) is 11.0. The Labute approximate surface area is 94.4 Å². The smallest absolute Gasteiger partial charge is 0.0153 e. The Morgan fingerprint density at radius 3 is 2.80 bits per heavy atom. The van der Waals surface area contributed by atoms with E-state index in [4.69, 9.17) is 0 Å². The van der Waals surface area contributed by atoms with Crippen LogP contribution in [0.5, 0.6) is 0 Å². The summed E-state index contributed by atoms with van der Waals surface area (Å²) in [5, 5.41) is 3.54. The number of nitrogens with one attached hydrogen (secondary N) is 1. The third-order valence-electron chi connectivity index (χ3n) is 4.28. The fourth-order valence-electron chi connectivity index (χ4n) is 3.21. The predicted octanol–water partition coefficient (Wildman–Crippen LogP) is 2.25. The van der Waals surface area contributed by atoms with Gasteiger partial charge in [0.05, 0.1) is 0 Å². The van der Waals surface area contributed by atoms with Crippen molar-refractivity contribution in [1.29, 1.82) is 0 Å². The maximum absolute atomic E-state index is 3.54. The summed E-state index contributed by atoms with van der Waals surface area (Å²) < 4.78 is 0. The van der Waals surface area contributed by atoms with Crippen LogP contribution >= 0.6 is 0 Å². The lowest BCUT2D eigenvalue weighted by Crippen LogP contribution is -2.45. The monoisotopic (exact) mass is 210 g/mol. The fraction of sp³-hybridized carbons (Fsp3) is 1.00. The molecule has 0 aromatic heterocycles. The molecule has 2 saturated heterocycles. The van der Waals surface area contributed by atoms with Crippen LogP contribution in [0.4, 0.5) is 0 Å². The van der Waals surface area contributed by atoms with E-state index < -0.39 is 0 Å². The van der Waals surface area contributed by atoms with Crippen LogP contribution in [0.2, 0.25) is 0 Å². The molecule has 2 aliphatic heterocycles. The van der Waals surface area contributed by atoms with Crippen molar-refractivity contribution in [3.05, 3.63) is 0 Å². The van der Waals surface area contributed by atoms with Gasteiger partial charge in [-0.1, -0.05) is 0 Å². The van der Waals surface area contributed by atoms with Gasteiger partial charge in [0.2, 0.25) is 0 Å². The average molecular weight is 210 g/mol. The van der Waals surface area contributed by atoms with E-state index in [9.17, 15) is 0 Å². The van der Waals surface area contributed by atoms with Crippen LogP contribution in [0, 0.1) is 5.92 Å². The largest absolute Gasteiger partial charge is 0.314 e. The number of nitrogens with zero attached hydrogens (tertiary/aromatic N) is 1. The van der Waals surface area contributed by atoms with Gasteiger partial charge >= 0.3 is 0 Å². The van der Waals surface area contributed by atoms with E-state index in [2.05, 4.69) is 31.0 Å². The average Bonchev–Trinajstić information content (AvgIpc) is 2.46. The molecular formula is C13H26N2. The van der Waals surface area contributed by atoms with E-state index in [0.29, 0.717) is 5.54 Å². The van der Waals surface area contributed by atoms with E-state index in [0.717, 1.165) is 12.0 Å².